The molecule has 0 spiro atoms. The molecule has 1 fully saturated rings. The Morgan fingerprint density at radius 1 is 1.37 bits per heavy atom. The van der Waals surface area contributed by atoms with Gasteiger partial charge in [-0.05, 0) is 30.5 Å². The van der Waals surface area contributed by atoms with Gasteiger partial charge in [-0.15, -0.1) is 0 Å². The fourth-order valence-electron chi connectivity index (χ4n) is 2.29. The van der Waals surface area contributed by atoms with Crippen molar-refractivity contribution < 1.29 is 14.7 Å². The molecule has 98 valence electrons. The number of hydrogen-bond acceptors (Lipinski definition) is 3. The molecule has 1 unspecified atom stereocenters. The van der Waals surface area contributed by atoms with Crippen molar-refractivity contribution in [1.82, 2.24) is 4.90 Å². The van der Waals surface area contributed by atoms with Crippen molar-refractivity contribution in [3.63, 3.8) is 0 Å². The van der Waals surface area contributed by atoms with E-state index in [0.29, 0.717) is 24.9 Å². The smallest absolute Gasteiger partial charge is 0.326 e. The van der Waals surface area contributed by atoms with E-state index >= 15 is 0 Å². The quantitative estimate of drug-likeness (QED) is 0.889. The van der Waals surface area contributed by atoms with Gasteiger partial charge < -0.3 is 10.0 Å². The Bertz CT molecular complexity index is 531. The summed E-state index contributed by atoms with van der Waals surface area (Å²) in [5, 5.41) is 17.6. The van der Waals surface area contributed by atoms with Crippen molar-refractivity contribution in [3.8, 4) is 6.07 Å². The van der Waals surface area contributed by atoms with Crippen LogP contribution in [0.2, 0.25) is 0 Å². The number of nitriles is 1. The minimum Gasteiger partial charge on any atom is -0.480 e. The zero-order chi connectivity index (χ0) is 13.8. The molecule has 0 aliphatic carbocycles. The highest BCUT2D eigenvalue weighted by Crippen LogP contribution is 2.20. The molecule has 0 aromatic heterocycles. The molecule has 2 rings (SSSR count). The Morgan fingerprint density at radius 3 is 2.63 bits per heavy atom. The van der Waals surface area contributed by atoms with E-state index < -0.39 is 12.0 Å². The molecule has 0 radical (unpaired) electrons. The molecular weight excluding hydrogens is 244 g/mol. The number of amides is 1. The second-order valence-corrected chi connectivity index (χ2v) is 4.53. The summed E-state index contributed by atoms with van der Waals surface area (Å²) < 4.78 is 0. The molecule has 0 saturated carbocycles. The van der Waals surface area contributed by atoms with Crippen molar-refractivity contribution in [2.75, 3.05) is 6.54 Å². The lowest BCUT2D eigenvalue weighted by Gasteiger charge is -2.21. The summed E-state index contributed by atoms with van der Waals surface area (Å²) in [6.45, 7) is 0.482. The van der Waals surface area contributed by atoms with E-state index in [1.165, 1.54) is 4.90 Å². The summed E-state index contributed by atoms with van der Waals surface area (Å²) >= 11 is 0. The zero-order valence-electron chi connectivity index (χ0n) is 10.4. The molecule has 1 atom stereocenters. The Hall–Kier alpha value is -2.35. The number of rotatable bonds is 3. The SMILES string of the molecule is N#CCc1ccc(C(=O)N2CCCC2C(=O)O)cc1. The zero-order valence-corrected chi connectivity index (χ0v) is 10.4. The predicted molar refractivity (Wildman–Crippen MR) is 67.5 cm³/mol. The number of nitrogens with zero attached hydrogens (tertiary/aromatic N) is 2. The minimum absolute atomic E-state index is 0.256. The molecule has 1 N–H and O–H groups in total. The Morgan fingerprint density at radius 2 is 2.05 bits per heavy atom. The first-order valence-electron chi connectivity index (χ1n) is 6.13. The molecule has 1 aromatic carbocycles. The first-order chi connectivity index (χ1) is 9.13. The van der Waals surface area contributed by atoms with E-state index in [4.69, 9.17) is 10.4 Å². The summed E-state index contributed by atoms with van der Waals surface area (Å²) in [5.74, 6) is -1.21. The van der Waals surface area contributed by atoms with Gasteiger partial charge in [-0.2, -0.15) is 5.26 Å². The lowest BCUT2D eigenvalue weighted by atomic mass is 10.1. The first-order valence-corrected chi connectivity index (χ1v) is 6.13. The van der Waals surface area contributed by atoms with Crippen molar-refractivity contribution >= 4 is 11.9 Å². The van der Waals surface area contributed by atoms with Crippen LogP contribution in [0.3, 0.4) is 0 Å². The van der Waals surface area contributed by atoms with Crippen LogP contribution < -0.4 is 0 Å². The number of hydrogen-bond donors (Lipinski definition) is 1. The Kier molecular flexibility index (Phi) is 3.81. The highest BCUT2D eigenvalue weighted by molar-refractivity contribution is 5.97. The number of benzene rings is 1. The van der Waals surface area contributed by atoms with Gasteiger partial charge in [-0.1, -0.05) is 12.1 Å². The lowest BCUT2D eigenvalue weighted by molar-refractivity contribution is -0.141. The Balaban J connectivity index is 2.15. The maximum atomic E-state index is 12.2. The summed E-state index contributed by atoms with van der Waals surface area (Å²) in [5.41, 5.74) is 1.31. The van der Waals surface area contributed by atoms with Crippen LogP contribution in [0.4, 0.5) is 0 Å². The highest BCUT2D eigenvalue weighted by Gasteiger charge is 2.34. The first kappa shape index (κ1) is 13.1. The molecule has 1 heterocycles. The van der Waals surface area contributed by atoms with E-state index in [1.54, 1.807) is 24.3 Å². The number of carboxylic acids is 1. The monoisotopic (exact) mass is 258 g/mol. The average Bonchev–Trinajstić information content (AvgIpc) is 2.88. The number of aliphatic carboxylic acids is 1. The number of carboxylic acid groups (broad SMARTS) is 1. The van der Waals surface area contributed by atoms with E-state index in [9.17, 15) is 9.59 Å². The van der Waals surface area contributed by atoms with Crippen LogP contribution in [0.1, 0.15) is 28.8 Å². The van der Waals surface area contributed by atoms with Crippen LogP contribution in [-0.2, 0) is 11.2 Å². The second kappa shape index (κ2) is 5.53. The molecule has 5 nitrogen and oxygen atoms in total. The summed E-state index contributed by atoms with van der Waals surface area (Å²) in [4.78, 5) is 24.7. The molecule has 1 aromatic rings. The van der Waals surface area contributed by atoms with Crippen molar-refractivity contribution in [1.29, 1.82) is 5.26 Å². The topological polar surface area (TPSA) is 81.4 Å². The molecular formula is C14H14N2O3. The van der Waals surface area contributed by atoms with E-state index in [0.717, 1.165) is 12.0 Å². The Labute approximate surface area is 111 Å². The molecule has 0 bridgehead atoms. The molecule has 1 amide bonds. The number of carbonyl (C=O) groups is 2. The van der Waals surface area contributed by atoms with Crippen LogP contribution in [0.15, 0.2) is 24.3 Å². The van der Waals surface area contributed by atoms with Gasteiger partial charge in [-0.3, -0.25) is 4.79 Å². The van der Waals surface area contributed by atoms with Crippen molar-refractivity contribution in [2.45, 2.75) is 25.3 Å². The van der Waals surface area contributed by atoms with E-state index in [-0.39, 0.29) is 5.91 Å². The third kappa shape index (κ3) is 2.74. The molecule has 19 heavy (non-hydrogen) atoms. The summed E-state index contributed by atoms with van der Waals surface area (Å²) in [6, 6.07) is 8.06. The molecule has 5 heteroatoms. The third-order valence-electron chi connectivity index (χ3n) is 3.28. The fraction of sp³-hybridized carbons (Fsp3) is 0.357. The van der Waals surface area contributed by atoms with Crippen LogP contribution >= 0.6 is 0 Å². The largest absolute Gasteiger partial charge is 0.480 e. The minimum atomic E-state index is -0.952. The maximum absolute atomic E-state index is 12.2. The summed E-state index contributed by atoms with van der Waals surface area (Å²) in [7, 11) is 0. The standard InChI is InChI=1S/C14H14N2O3/c15-8-7-10-3-5-11(6-4-10)13(17)16-9-1-2-12(16)14(18)19/h3-6,12H,1-2,7,9H2,(H,18,19). The number of carbonyl (C=O) groups excluding carboxylic acids is 1. The normalized spacial score (nSPS) is 18.1. The predicted octanol–water partition coefficient (Wildman–Crippen LogP) is 1.44. The average molecular weight is 258 g/mol. The van der Waals surface area contributed by atoms with Gasteiger partial charge in [0.2, 0.25) is 0 Å². The molecule has 1 aliphatic heterocycles. The molecule has 1 aliphatic rings. The van der Waals surface area contributed by atoms with Crippen LogP contribution in [0, 0.1) is 11.3 Å². The van der Waals surface area contributed by atoms with Gasteiger partial charge in [0.15, 0.2) is 0 Å². The van der Waals surface area contributed by atoms with Gasteiger partial charge in [0, 0.05) is 12.1 Å². The van der Waals surface area contributed by atoms with Crippen LogP contribution in [0.5, 0.6) is 0 Å². The van der Waals surface area contributed by atoms with E-state index in [1.807, 2.05) is 6.07 Å². The van der Waals surface area contributed by atoms with Gasteiger partial charge in [0.05, 0.1) is 12.5 Å². The maximum Gasteiger partial charge on any atom is 0.326 e. The van der Waals surface area contributed by atoms with Gasteiger partial charge in [0.1, 0.15) is 6.04 Å². The van der Waals surface area contributed by atoms with E-state index in [2.05, 4.69) is 0 Å². The molecule has 1 saturated heterocycles. The lowest BCUT2D eigenvalue weighted by Crippen LogP contribution is -2.40. The highest BCUT2D eigenvalue weighted by atomic mass is 16.4. The van der Waals surface area contributed by atoms with Crippen molar-refractivity contribution in [2.24, 2.45) is 0 Å². The van der Waals surface area contributed by atoms with Crippen molar-refractivity contribution in [3.05, 3.63) is 35.4 Å². The van der Waals surface area contributed by atoms with Gasteiger partial charge in [0.25, 0.3) is 5.91 Å². The van der Waals surface area contributed by atoms with Crippen LogP contribution in [0.25, 0.3) is 0 Å². The third-order valence-corrected chi connectivity index (χ3v) is 3.28. The fourth-order valence-corrected chi connectivity index (χ4v) is 2.29. The second-order valence-electron chi connectivity index (χ2n) is 4.53. The van der Waals surface area contributed by atoms with Gasteiger partial charge >= 0.3 is 5.97 Å². The number of likely N-dealkylation sites (tertiary alicyclic amines) is 1. The summed E-state index contributed by atoms with van der Waals surface area (Å²) in [6.07, 6.45) is 1.53. The van der Waals surface area contributed by atoms with Crippen LogP contribution in [-0.4, -0.2) is 34.5 Å². The van der Waals surface area contributed by atoms with Gasteiger partial charge in [-0.25, -0.2) is 4.79 Å².